The van der Waals surface area contributed by atoms with Crippen LogP contribution in [0.4, 0.5) is 0 Å². The Morgan fingerprint density at radius 2 is 2.00 bits per heavy atom. The Kier molecular flexibility index (Phi) is 4.45. The van der Waals surface area contributed by atoms with Crippen LogP contribution in [0.5, 0.6) is 0 Å². The van der Waals surface area contributed by atoms with Gasteiger partial charge in [0.05, 0.1) is 0 Å². The number of carbonyl (C=O) groups is 1. The summed E-state index contributed by atoms with van der Waals surface area (Å²) in [6.07, 6.45) is 1.67. The maximum absolute atomic E-state index is 12.6. The van der Waals surface area contributed by atoms with E-state index in [0.717, 1.165) is 16.5 Å². The molecule has 0 aliphatic carbocycles. The van der Waals surface area contributed by atoms with Gasteiger partial charge >= 0.3 is 5.97 Å². The van der Waals surface area contributed by atoms with Gasteiger partial charge in [-0.25, -0.2) is 0 Å². The Morgan fingerprint density at radius 3 is 2.57 bits per heavy atom. The molecule has 1 N–H and O–H groups in total. The van der Waals surface area contributed by atoms with Crippen LogP contribution >= 0.6 is 0 Å². The van der Waals surface area contributed by atoms with Crippen molar-refractivity contribution in [1.82, 2.24) is 4.98 Å². The number of hydrogen-bond donors (Lipinski definition) is 1. The summed E-state index contributed by atoms with van der Waals surface area (Å²) in [7, 11) is 0. The highest BCUT2D eigenvalue weighted by Gasteiger charge is 2.39. The van der Waals surface area contributed by atoms with E-state index in [2.05, 4.69) is 4.98 Å². The van der Waals surface area contributed by atoms with Crippen LogP contribution in [0.25, 0.3) is 10.9 Å². The third kappa shape index (κ3) is 3.52. The van der Waals surface area contributed by atoms with Gasteiger partial charge in [0.1, 0.15) is 5.60 Å². The number of rotatable bonds is 4. The van der Waals surface area contributed by atoms with Crippen molar-refractivity contribution in [1.29, 1.82) is 0 Å². The van der Waals surface area contributed by atoms with Crippen molar-refractivity contribution >= 4 is 16.9 Å². The molecule has 1 heterocycles. The number of para-hydroxylation sites is 1. The third-order valence-corrected chi connectivity index (χ3v) is 3.77. The van der Waals surface area contributed by atoms with Gasteiger partial charge in [-0.05, 0) is 38.8 Å². The maximum Gasteiger partial charge on any atom is 0.321 e. The van der Waals surface area contributed by atoms with Crippen molar-refractivity contribution < 1.29 is 14.5 Å². The number of nitrogens with zero attached hydrogens (tertiary/aromatic N) is 1. The lowest BCUT2D eigenvalue weighted by Crippen LogP contribution is -2.35. The van der Waals surface area contributed by atoms with Gasteiger partial charge in [-0.15, -0.1) is 0 Å². The topological polar surface area (TPSA) is 85.2 Å². The van der Waals surface area contributed by atoms with Crippen molar-refractivity contribution in [2.24, 2.45) is 0 Å². The molecular formula is C17H22N2O4. The molecule has 0 aliphatic heterocycles. The molecule has 2 atom stereocenters. The maximum atomic E-state index is 12.6. The second-order valence-corrected chi connectivity index (χ2v) is 6.78. The summed E-state index contributed by atoms with van der Waals surface area (Å²) >= 11 is 0. The van der Waals surface area contributed by atoms with Crippen molar-refractivity contribution in [2.75, 3.05) is 0 Å². The van der Waals surface area contributed by atoms with Crippen molar-refractivity contribution in [3.63, 3.8) is 0 Å². The van der Waals surface area contributed by atoms with Gasteiger partial charge in [0, 0.05) is 28.9 Å². The van der Waals surface area contributed by atoms with Gasteiger partial charge in [0.25, 0.3) is 0 Å². The molecule has 0 bridgehead atoms. The number of esters is 1. The second-order valence-electron chi connectivity index (χ2n) is 6.78. The number of ether oxygens (including phenoxy) is 1. The minimum absolute atomic E-state index is 0.441. The number of aryl methyl sites for hydroxylation is 1. The predicted molar refractivity (Wildman–Crippen MR) is 88.1 cm³/mol. The van der Waals surface area contributed by atoms with Crippen molar-refractivity contribution in [2.45, 2.75) is 52.2 Å². The zero-order valence-corrected chi connectivity index (χ0v) is 14.0. The van der Waals surface area contributed by atoms with Gasteiger partial charge < -0.3 is 9.72 Å². The zero-order chi connectivity index (χ0) is 17.4. The summed E-state index contributed by atoms with van der Waals surface area (Å²) in [5, 5.41) is 12.1. The molecule has 6 nitrogen and oxygen atoms in total. The number of aromatic amines is 1. The van der Waals surface area contributed by atoms with Crippen LogP contribution < -0.4 is 0 Å². The van der Waals surface area contributed by atoms with Crippen molar-refractivity contribution in [3.8, 4) is 0 Å². The molecule has 124 valence electrons. The average Bonchev–Trinajstić information content (AvgIpc) is 2.82. The molecule has 1 aromatic heterocycles. The highest BCUT2D eigenvalue weighted by atomic mass is 16.6. The Hall–Kier alpha value is -2.37. The summed E-state index contributed by atoms with van der Waals surface area (Å²) in [6, 6.07) is 4.60. The van der Waals surface area contributed by atoms with E-state index in [1.165, 1.54) is 6.92 Å². The highest BCUT2D eigenvalue weighted by Crippen LogP contribution is 2.32. The largest absolute Gasteiger partial charge is 0.459 e. The van der Waals surface area contributed by atoms with E-state index in [1.54, 1.807) is 27.0 Å². The molecular weight excluding hydrogens is 296 g/mol. The number of nitro groups is 1. The second kappa shape index (κ2) is 6.02. The molecule has 0 saturated heterocycles. The minimum atomic E-state index is -1.08. The van der Waals surface area contributed by atoms with Gasteiger partial charge in [-0.2, -0.15) is 0 Å². The van der Waals surface area contributed by atoms with Crippen LogP contribution in [-0.4, -0.2) is 27.5 Å². The normalized spacial score (nSPS) is 14.5. The first-order chi connectivity index (χ1) is 10.6. The van der Waals surface area contributed by atoms with Crippen LogP contribution in [0.15, 0.2) is 24.4 Å². The first kappa shape index (κ1) is 17.0. The molecule has 23 heavy (non-hydrogen) atoms. The number of carbonyl (C=O) groups excluding carboxylic acids is 1. The lowest BCUT2D eigenvalue weighted by molar-refractivity contribution is -0.520. The Morgan fingerprint density at radius 1 is 1.35 bits per heavy atom. The van der Waals surface area contributed by atoms with E-state index in [-0.39, 0.29) is 0 Å². The van der Waals surface area contributed by atoms with Crippen LogP contribution in [0, 0.1) is 17.0 Å². The van der Waals surface area contributed by atoms with Crippen molar-refractivity contribution in [3.05, 3.63) is 45.6 Å². The molecule has 2 aromatic rings. The molecule has 0 fully saturated rings. The zero-order valence-electron chi connectivity index (χ0n) is 14.0. The van der Waals surface area contributed by atoms with E-state index < -0.39 is 28.5 Å². The first-order valence-corrected chi connectivity index (χ1v) is 7.55. The molecule has 0 saturated carbocycles. The van der Waals surface area contributed by atoms with Crippen LogP contribution in [-0.2, 0) is 9.53 Å². The molecule has 1 aromatic carbocycles. The quantitative estimate of drug-likeness (QED) is 0.530. The number of H-pyrrole nitrogens is 1. The SMILES string of the molecule is Cc1cccc2c([C@@H](C(=O)OC(C)(C)C)[C@H](C)[N+](=O)[O-])c[nH]c12. The molecule has 0 amide bonds. The summed E-state index contributed by atoms with van der Waals surface area (Å²) in [5.41, 5.74) is 1.80. The lowest BCUT2D eigenvalue weighted by atomic mass is 9.91. The average molecular weight is 318 g/mol. The molecule has 0 radical (unpaired) electrons. The molecule has 2 rings (SSSR count). The lowest BCUT2D eigenvalue weighted by Gasteiger charge is -2.24. The number of fused-ring (bicyclic) bond motifs is 1. The van der Waals surface area contributed by atoms with Crippen LogP contribution in [0.1, 0.15) is 44.7 Å². The fourth-order valence-electron chi connectivity index (χ4n) is 2.66. The summed E-state index contributed by atoms with van der Waals surface area (Å²) in [5.74, 6) is -1.54. The number of hydrogen-bond acceptors (Lipinski definition) is 4. The van der Waals surface area contributed by atoms with Crippen LogP contribution in [0.2, 0.25) is 0 Å². The number of nitrogens with one attached hydrogen (secondary N) is 1. The fraction of sp³-hybridized carbons (Fsp3) is 0.471. The third-order valence-electron chi connectivity index (χ3n) is 3.77. The van der Waals surface area contributed by atoms with Gasteiger partial charge in [0.15, 0.2) is 5.92 Å². The van der Waals surface area contributed by atoms with E-state index in [1.807, 2.05) is 25.1 Å². The number of aromatic nitrogens is 1. The molecule has 0 aliphatic rings. The van der Waals surface area contributed by atoms with E-state index in [0.29, 0.717) is 5.56 Å². The standard InChI is InChI=1S/C17H22N2O4/c1-10-7-6-8-12-13(9-18-15(10)12)14(11(2)19(21)22)16(20)23-17(3,4)5/h6-9,11,14,18H,1-5H3/t11-,14-/m0/s1. The summed E-state index contributed by atoms with van der Waals surface area (Å²) in [6.45, 7) is 8.62. The first-order valence-electron chi connectivity index (χ1n) is 7.55. The van der Waals surface area contributed by atoms with E-state index in [4.69, 9.17) is 4.74 Å². The van der Waals surface area contributed by atoms with Gasteiger partial charge in [-0.1, -0.05) is 18.2 Å². The molecule has 0 unspecified atom stereocenters. The van der Waals surface area contributed by atoms with Crippen LogP contribution in [0.3, 0.4) is 0 Å². The Labute approximate surface area is 135 Å². The number of benzene rings is 1. The van der Waals surface area contributed by atoms with E-state index >= 15 is 0 Å². The summed E-state index contributed by atoms with van der Waals surface area (Å²) in [4.78, 5) is 26.6. The Balaban J connectivity index is 2.54. The van der Waals surface area contributed by atoms with Gasteiger partial charge in [-0.3, -0.25) is 14.9 Å². The molecule has 0 spiro atoms. The summed E-state index contributed by atoms with van der Waals surface area (Å²) < 4.78 is 5.42. The van der Waals surface area contributed by atoms with Gasteiger partial charge in [0.2, 0.25) is 6.04 Å². The minimum Gasteiger partial charge on any atom is -0.459 e. The monoisotopic (exact) mass is 318 g/mol. The highest BCUT2D eigenvalue weighted by molar-refractivity contribution is 5.91. The Bertz CT molecular complexity index is 743. The smallest absolute Gasteiger partial charge is 0.321 e. The molecule has 6 heteroatoms. The van der Waals surface area contributed by atoms with E-state index in [9.17, 15) is 14.9 Å². The fourth-order valence-corrected chi connectivity index (χ4v) is 2.66. The predicted octanol–water partition coefficient (Wildman–Crippen LogP) is 3.57.